The molecular weight excluding hydrogens is 244 g/mol. The van der Waals surface area contributed by atoms with E-state index in [9.17, 15) is 4.79 Å². The fourth-order valence-corrected chi connectivity index (χ4v) is 2.23. The number of hydrogen-bond acceptors (Lipinski definition) is 5. The molecule has 102 valence electrons. The third kappa shape index (κ3) is 3.61. The van der Waals surface area contributed by atoms with E-state index in [0.717, 1.165) is 24.8 Å². The fraction of sp³-hybridized carbons (Fsp3) is 0.500. The fourth-order valence-electron chi connectivity index (χ4n) is 2.23. The molecule has 1 unspecified atom stereocenters. The molecule has 1 atom stereocenters. The van der Waals surface area contributed by atoms with Crippen molar-refractivity contribution < 1.29 is 14.6 Å². The highest BCUT2D eigenvalue weighted by Crippen LogP contribution is 2.30. The van der Waals surface area contributed by atoms with Crippen molar-refractivity contribution in [2.45, 2.75) is 32.3 Å². The van der Waals surface area contributed by atoms with Gasteiger partial charge in [-0.25, -0.2) is 9.97 Å². The van der Waals surface area contributed by atoms with Crippen molar-refractivity contribution >= 4 is 11.5 Å². The first-order valence-electron chi connectivity index (χ1n) is 6.42. The van der Waals surface area contributed by atoms with Gasteiger partial charge in [0.05, 0.1) is 19.4 Å². The van der Waals surface area contributed by atoms with Crippen molar-refractivity contribution in [3.63, 3.8) is 0 Å². The first-order chi connectivity index (χ1) is 9.22. The molecule has 1 heterocycles. The lowest BCUT2D eigenvalue weighted by Crippen LogP contribution is -2.13. The molecule has 0 aliphatic heterocycles. The van der Waals surface area contributed by atoms with Gasteiger partial charge in [0.15, 0.2) is 5.82 Å². The first-order valence-corrected chi connectivity index (χ1v) is 6.42. The number of ether oxygens (including phenoxy) is 1. The molecule has 0 saturated carbocycles. The van der Waals surface area contributed by atoms with Crippen LogP contribution in [0.15, 0.2) is 18.3 Å². The maximum Gasteiger partial charge on any atom is 0.305 e. The predicted octanol–water partition coefficient (Wildman–Crippen LogP) is 1.72. The van der Waals surface area contributed by atoms with Gasteiger partial charge in [-0.15, -0.1) is 0 Å². The minimum absolute atomic E-state index is 0.0756. The predicted molar refractivity (Wildman–Crippen MR) is 69.9 cm³/mol. The Morgan fingerprint density at radius 3 is 3.05 bits per heavy atom. The molecule has 1 aromatic rings. The molecule has 1 aromatic heterocycles. The monoisotopic (exact) mass is 262 g/mol. The number of nitrogens with zero attached hydrogens (tertiary/aromatic N) is 2. The van der Waals surface area contributed by atoms with Gasteiger partial charge < -0.3 is 9.84 Å². The third-order valence-corrected chi connectivity index (χ3v) is 3.36. The van der Waals surface area contributed by atoms with E-state index in [0.29, 0.717) is 23.9 Å². The highest BCUT2D eigenvalue weighted by Gasteiger charge is 2.19. The third-order valence-electron chi connectivity index (χ3n) is 3.36. The number of allylic oxidation sites excluding steroid dienone is 2. The summed E-state index contributed by atoms with van der Waals surface area (Å²) in [5.74, 6) is 0.876. The molecular formula is C14H18N2O3. The van der Waals surface area contributed by atoms with Crippen LogP contribution in [0.3, 0.4) is 0 Å². The van der Waals surface area contributed by atoms with Crippen LogP contribution in [0.2, 0.25) is 0 Å². The van der Waals surface area contributed by atoms with E-state index in [1.807, 2.05) is 0 Å². The summed E-state index contributed by atoms with van der Waals surface area (Å²) in [6.07, 6.45) is 6.86. The summed E-state index contributed by atoms with van der Waals surface area (Å²) in [6.45, 7) is -0.0756. The average Bonchev–Trinajstić information content (AvgIpc) is 2.48. The minimum atomic E-state index is -0.152. The van der Waals surface area contributed by atoms with Crippen LogP contribution in [0.4, 0.5) is 0 Å². The average molecular weight is 262 g/mol. The van der Waals surface area contributed by atoms with Crippen molar-refractivity contribution in [3.05, 3.63) is 29.9 Å². The smallest absolute Gasteiger partial charge is 0.305 e. The maximum atomic E-state index is 11.2. The molecule has 0 fully saturated rings. The highest BCUT2D eigenvalue weighted by molar-refractivity contribution is 5.70. The topological polar surface area (TPSA) is 72.3 Å². The zero-order valence-corrected chi connectivity index (χ0v) is 11.0. The lowest BCUT2D eigenvalue weighted by atomic mass is 9.87. The van der Waals surface area contributed by atoms with Crippen molar-refractivity contribution in [2.24, 2.45) is 5.92 Å². The second-order valence-electron chi connectivity index (χ2n) is 4.68. The molecule has 0 radical (unpaired) electrons. The summed E-state index contributed by atoms with van der Waals surface area (Å²) in [6, 6.07) is 1.70. The van der Waals surface area contributed by atoms with Gasteiger partial charge in [0.2, 0.25) is 0 Å². The van der Waals surface area contributed by atoms with Crippen molar-refractivity contribution in [2.75, 3.05) is 7.11 Å². The molecule has 0 aromatic carbocycles. The van der Waals surface area contributed by atoms with Crippen LogP contribution in [0, 0.1) is 5.92 Å². The molecule has 5 heteroatoms. The quantitative estimate of drug-likeness (QED) is 0.836. The Labute approximate surface area is 112 Å². The van der Waals surface area contributed by atoms with Crippen LogP contribution in [0.25, 0.3) is 5.57 Å². The molecule has 1 aliphatic rings. The van der Waals surface area contributed by atoms with Crippen LogP contribution in [0.5, 0.6) is 0 Å². The summed E-state index contributed by atoms with van der Waals surface area (Å²) in [4.78, 5) is 19.7. The minimum Gasteiger partial charge on any atom is -0.469 e. The summed E-state index contributed by atoms with van der Waals surface area (Å²) in [5.41, 5.74) is 1.72. The number of carbonyl (C=O) groups excluding carboxylic acids is 1. The van der Waals surface area contributed by atoms with Crippen molar-refractivity contribution in [3.8, 4) is 0 Å². The number of aliphatic hydroxyl groups is 1. The van der Waals surface area contributed by atoms with Crippen LogP contribution in [-0.2, 0) is 16.1 Å². The standard InChI is InChI=1S/C14H18N2O3/c1-19-13(18)8-10-2-4-11(5-3-10)14-15-7-6-12(9-17)16-14/h4,6-7,10,17H,2-3,5,8-9H2,1H3. The summed E-state index contributed by atoms with van der Waals surface area (Å²) in [7, 11) is 1.42. The van der Waals surface area contributed by atoms with E-state index < -0.39 is 0 Å². The molecule has 0 amide bonds. The Morgan fingerprint density at radius 1 is 1.58 bits per heavy atom. The summed E-state index contributed by atoms with van der Waals surface area (Å²) in [5, 5.41) is 9.07. The molecule has 5 nitrogen and oxygen atoms in total. The summed E-state index contributed by atoms with van der Waals surface area (Å²) >= 11 is 0. The number of aromatic nitrogens is 2. The van der Waals surface area contributed by atoms with E-state index in [1.54, 1.807) is 12.3 Å². The summed E-state index contributed by atoms with van der Waals surface area (Å²) < 4.78 is 4.68. The van der Waals surface area contributed by atoms with Gasteiger partial charge in [0.25, 0.3) is 0 Å². The molecule has 19 heavy (non-hydrogen) atoms. The normalized spacial score (nSPS) is 18.8. The van der Waals surface area contributed by atoms with Gasteiger partial charge in [0.1, 0.15) is 0 Å². The zero-order chi connectivity index (χ0) is 13.7. The Bertz CT molecular complexity index is 485. The number of carbonyl (C=O) groups is 1. The van der Waals surface area contributed by atoms with E-state index in [2.05, 4.69) is 20.8 Å². The van der Waals surface area contributed by atoms with Crippen LogP contribution in [0.1, 0.15) is 37.2 Å². The van der Waals surface area contributed by atoms with E-state index in [1.165, 1.54) is 7.11 Å². The maximum absolute atomic E-state index is 11.2. The van der Waals surface area contributed by atoms with Crippen molar-refractivity contribution in [1.29, 1.82) is 0 Å². The van der Waals surface area contributed by atoms with E-state index >= 15 is 0 Å². The molecule has 0 saturated heterocycles. The van der Waals surface area contributed by atoms with Crippen molar-refractivity contribution in [1.82, 2.24) is 9.97 Å². The first kappa shape index (κ1) is 13.7. The zero-order valence-electron chi connectivity index (χ0n) is 11.0. The van der Waals surface area contributed by atoms with Gasteiger partial charge in [-0.3, -0.25) is 4.79 Å². The largest absolute Gasteiger partial charge is 0.469 e. The van der Waals surface area contributed by atoms with Gasteiger partial charge in [-0.2, -0.15) is 0 Å². The van der Waals surface area contributed by atoms with Crippen LogP contribution in [-0.4, -0.2) is 28.2 Å². The Kier molecular flexibility index (Phi) is 4.63. The Balaban J connectivity index is 2.01. The van der Waals surface area contributed by atoms with Gasteiger partial charge in [-0.05, 0) is 36.8 Å². The Morgan fingerprint density at radius 2 is 2.42 bits per heavy atom. The number of methoxy groups -OCH3 is 1. The molecule has 0 bridgehead atoms. The SMILES string of the molecule is COC(=O)CC1CC=C(c2nccc(CO)n2)CC1. The Hall–Kier alpha value is -1.75. The number of aliphatic hydroxyl groups excluding tert-OH is 1. The molecule has 1 N–H and O–H groups in total. The molecule has 0 spiro atoms. The highest BCUT2D eigenvalue weighted by atomic mass is 16.5. The number of hydrogen-bond donors (Lipinski definition) is 1. The second kappa shape index (κ2) is 6.43. The number of esters is 1. The van der Waals surface area contributed by atoms with Crippen LogP contribution < -0.4 is 0 Å². The molecule has 1 aliphatic carbocycles. The van der Waals surface area contributed by atoms with Crippen LogP contribution >= 0.6 is 0 Å². The lowest BCUT2D eigenvalue weighted by Gasteiger charge is -2.20. The van der Waals surface area contributed by atoms with E-state index in [-0.39, 0.29) is 12.6 Å². The number of rotatable bonds is 4. The van der Waals surface area contributed by atoms with E-state index in [4.69, 9.17) is 5.11 Å². The second-order valence-corrected chi connectivity index (χ2v) is 4.68. The lowest BCUT2D eigenvalue weighted by molar-refractivity contribution is -0.141. The van der Waals surface area contributed by atoms with Gasteiger partial charge in [-0.1, -0.05) is 6.08 Å². The van der Waals surface area contributed by atoms with Gasteiger partial charge in [0, 0.05) is 12.6 Å². The van der Waals surface area contributed by atoms with Gasteiger partial charge >= 0.3 is 5.97 Å². The molecule has 2 rings (SSSR count).